The molecule has 8 heteroatoms. The van der Waals surface area contributed by atoms with Gasteiger partial charge in [0.05, 0.1) is 40.7 Å². The van der Waals surface area contributed by atoms with Crippen LogP contribution in [0.1, 0.15) is 45.5 Å². The van der Waals surface area contributed by atoms with E-state index in [-0.39, 0.29) is 12.4 Å². The second-order valence-electron chi connectivity index (χ2n) is 8.84. The number of nitriles is 1. The first kappa shape index (κ1) is 25.5. The van der Waals surface area contributed by atoms with Crippen LogP contribution in [-0.4, -0.2) is 26.0 Å². The summed E-state index contributed by atoms with van der Waals surface area (Å²) < 4.78 is 17.7. The lowest BCUT2D eigenvalue weighted by Crippen LogP contribution is -2.29. The highest BCUT2D eigenvalue weighted by atomic mass is 127. The molecular weight excluding hydrogens is 595 g/mol. The van der Waals surface area contributed by atoms with Crippen LogP contribution in [0.2, 0.25) is 0 Å². The molecule has 0 saturated heterocycles. The lowest BCUT2D eigenvalue weighted by atomic mass is 9.79. The molecule has 5 rings (SSSR count). The molecule has 0 saturated carbocycles. The molecule has 3 aromatic rings. The highest BCUT2D eigenvalue weighted by Gasteiger charge is 2.43. The maximum atomic E-state index is 13.6. The topological polar surface area (TPSA) is 97.6 Å². The van der Waals surface area contributed by atoms with Gasteiger partial charge in [-0.15, -0.1) is 0 Å². The molecule has 190 valence electrons. The Hall–Kier alpha value is -4.10. The van der Waals surface area contributed by atoms with E-state index in [4.69, 9.17) is 14.2 Å². The summed E-state index contributed by atoms with van der Waals surface area (Å²) in [7, 11) is 2.87. The highest BCUT2D eigenvalue weighted by molar-refractivity contribution is 14.1. The Bertz CT molecular complexity index is 1600. The smallest absolute Gasteiger partial charge is 0.336 e. The summed E-state index contributed by atoms with van der Waals surface area (Å²) in [5.74, 6) is -0.363. The van der Waals surface area contributed by atoms with Crippen molar-refractivity contribution < 1.29 is 23.8 Å². The Morgan fingerprint density at radius 3 is 2.50 bits per heavy atom. The molecule has 0 fully saturated rings. The molecule has 0 radical (unpaired) electrons. The predicted octanol–water partition coefficient (Wildman–Crippen LogP) is 5.49. The number of carbonyl (C=O) groups is 2. The van der Waals surface area contributed by atoms with E-state index in [0.717, 1.165) is 14.7 Å². The Balaban J connectivity index is 1.61. The number of esters is 1. The van der Waals surface area contributed by atoms with Crippen molar-refractivity contribution in [2.24, 2.45) is 0 Å². The van der Waals surface area contributed by atoms with Crippen LogP contribution in [0.5, 0.6) is 11.5 Å². The number of allylic oxidation sites excluding steroid dienone is 2. The molecule has 1 N–H and O–H groups in total. The Kier molecular flexibility index (Phi) is 6.95. The number of hydrogen-bond donors (Lipinski definition) is 1. The van der Waals surface area contributed by atoms with Gasteiger partial charge in [-0.1, -0.05) is 42.5 Å². The number of methoxy groups -OCH3 is 2. The Labute approximate surface area is 233 Å². The van der Waals surface area contributed by atoms with Crippen molar-refractivity contribution in [2.75, 3.05) is 14.2 Å². The molecule has 7 nitrogen and oxygen atoms in total. The fourth-order valence-corrected chi connectivity index (χ4v) is 5.78. The Morgan fingerprint density at radius 2 is 1.79 bits per heavy atom. The van der Waals surface area contributed by atoms with Crippen molar-refractivity contribution in [1.82, 2.24) is 5.32 Å². The van der Waals surface area contributed by atoms with Crippen molar-refractivity contribution in [3.63, 3.8) is 0 Å². The SMILES string of the molecule is COC(=O)C1=C(C)NC2=C(C(=O)c3ccccc32)[C@H]1c1cc(I)c(OCc2ccccc2C#N)c(OC)c1. The number of benzene rings is 3. The van der Waals surface area contributed by atoms with Gasteiger partial charge in [-0.05, 0) is 53.3 Å². The van der Waals surface area contributed by atoms with E-state index in [0.29, 0.717) is 50.7 Å². The minimum atomic E-state index is -0.672. The summed E-state index contributed by atoms with van der Waals surface area (Å²) in [5, 5.41) is 12.7. The lowest BCUT2D eigenvalue weighted by molar-refractivity contribution is -0.136. The number of hydrogen-bond acceptors (Lipinski definition) is 7. The minimum Gasteiger partial charge on any atom is -0.493 e. The number of nitrogens with zero attached hydrogens (tertiary/aromatic N) is 1. The Morgan fingerprint density at radius 1 is 1.08 bits per heavy atom. The third-order valence-electron chi connectivity index (χ3n) is 6.75. The summed E-state index contributed by atoms with van der Waals surface area (Å²) in [5.41, 5.74) is 5.56. The van der Waals surface area contributed by atoms with Crippen molar-refractivity contribution in [1.29, 1.82) is 5.26 Å². The molecule has 38 heavy (non-hydrogen) atoms. The van der Waals surface area contributed by atoms with Gasteiger partial charge in [0.25, 0.3) is 0 Å². The highest BCUT2D eigenvalue weighted by Crippen LogP contribution is 2.48. The molecule has 0 bridgehead atoms. The average molecular weight is 618 g/mol. The van der Waals surface area contributed by atoms with E-state index in [9.17, 15) is 14.9 Å². The first-order chi connectivity index (χ1) is 18.4. The van der Waals surface area contributed by atoms with Crippen LogP contribution in [-0.2, 0) is 16.1 Å². The fourth-order valence-electron chi connectivity index (χ4n) is 4.99. The second kappa shape index (κ2) is 10.3. The van der Waals surface area contributed by atoms with E-state index in [1.807, 2.05) is 36.4 Å². The van der Waals surface area contributed by atoms with E-state index in [1.54, 1.807) is 31.2 Å². The number of rotatable bonds is 6. The van der Waals surface area contributed by atoms with Gasteiger partial charge in [0.15, 0.2) is 17.3 Å². The number of ether oxygens (including phenoxy) is 3. The van der Waals surface area contributed by atoms with Crippen molar-refractivity contribution in [3.05, 3.63) is 109 Å². The number of dihydropyridines is 1. The molecule has 0 unspecified atom stereocenters. The normalized spacial score (nSPS) is 15.9. The van der Waals surface area contributed by atoms with Gasteiger partial charge >= 0.3 is 5.97 Å². The first-order valence-electron chi connectivity index (χ1n) is 11.8. The summed E-state index contributed by atoms with van der Waals surface area (Å²) in [6.45, 7) is 1.99. The van der Waals surface area contributed by atoms with Gasteiger partial charge in [-0.3, -0.25) is 4.79 Å². The third kappa shape index (κ3) is 4.23. The first-order valence-corrected chi connectivity index (χ1v) is 12.9. The van der Waals surface area contributed by atoms with Gasteiger partial charge in [0, 0.05) is 33.9 Å². The summed E-state index contributed by atoms with van der Waals surface area (Å²) in [6.07, 6.45) is 0. The number of Topliss-reactive ketones (excluding diaryl/α,β-unsaturated/α-hetero) is 1. The van der Waals surface area contributed by atoms with Crippen LogP contribution in [0.25, 0.3) is 5.70 Å². The minimum absolute atomic E-state index is 0.135. The molecule has 0 amide bonds. The van der Waals surface area contributed by atoms with E-state index in [2.05, 4.69) is 34.0 Å². The number of carbonyl (C=O) groups excluding carboxylic acids is 2. The third-order valence-corrected chi connectivity index (χ3v) is 7.55. The number of fused-ring (bicyclic) bond motifs is 2. The predicted molar refractivity (Wildman–Crippen MR) is 149 cm³/mol. The molecule has 1 atom stereocenters. The van der Waals surface area contributed by atoms with Crippen LogP contribution >= 0.6 is 22.6 Å². The van der Waals surface area contributed by atoms with Crippen molar-refractivity contribution in [3.8, 4) is 17.6 Å². The van der Waals surface area contributed by atoms with E-state index in [1.165, 1.54) is 14.2 Å². The molecule has 0 spiro atoms. The quantitative estimate of drug-likeness (QED) is 0.288. The molecule has 2 aliphatic rings. The molecule has 0 aromatic heterocycles. The van der Waals surface area contributed by atoms with E-state index < -0.39 is 11.9 Å². The van der Waals surface area contributed by atoms with Crippen LogP contribution < -0.4 is 14.8 Å². The largest absolute Gasteiger partial charge is 0.493 e. The molecule has 1 aliphatic carbocycles. The number of ketones is 1. The average Bonchev–Trinajstić information content (AvgIpc) is 3.22. The van der Waals surface area contributed by atoms with E-state index >= 15 is 0 Å². The lowest BCUT2D eigenvalue weighted by Gasteiger charge is -2.29. The van der Waals surface area contributed by atoms with Gasteiger partial charge in [0.2, 0.25) is 0 Å². The molecule has 1 heterocycles. The standard InChI is InChI=1S/C30H23IN2O5/c1-16-24(30(35)37-3)25(26-27(33-16)20-10-6-7-11-21(20)28(26)34)19-12-22(31)29(23(13-19)36-2)38-15-18-9-5-4-8-17(18)14-32/h4-13,25,33H,15H2,1-3H3/t25-/m0/s1. The van der Waals surface area contributed by atoms with Crippen LogP contribution in [0.4, 0.5) is 0 Å². The maximum absolute atomic E-state index is 13.6. The van der Waals surface area contributed by atoms with Crippen molar-refractivity contribution >= 4 is 40.0 Å². The molecule has 1 aliphatic heterocycles. The van der Waals surface area contributed by atoms with Gasteiger partial charge in [-0.25, -0.2) is 4.79 Å². The summed E-state index contributed by atoms with van der Waals surface area (Å²) in [4.78, 5) is 26.7. The summed E-state index contributed by atoms with van der Waals surface area (Å²) in [6, 6.07) is 20.5. The van der Waals surface area contributed by atoms with Crippen LogP contribution in [0.15, 0.2) is 77.5 Å². The van der Waals surface area contributed by atoms with Crippen molar-refractivity contribution in [2.45, 2.75) is 19.4 Å². The maximum Gasteiger partial charge on any atom is 0.336 e. The number of halogens is 1. The molecule has 3 aromatic carbocycles. The van der Waals surface area contributed by atoms with Gasteiger partial charge < -0.3 is 19.5 Å². The monoisotopic (exact) mass is 618 g/mol. The van der Waals surface area contributed by atoms with Crippen LogP contribution in [0.3, 0.4) is 0 Å². The summed E-state index contributed by atoms with van der Waals surface area (Å²) >= 11 is 2.16. The van der Waals surface area contributed by atoms with Crippen LogP contribution in [0, 0.1) is 14.9 Å². The fraction of sp³-hybridized carbons (Fsp3) is 0.167. The van der Waals surface area contributed by atoms with Gasteiger partial charge in [0.1, 0.15) is 6.61 Å². The van der Waals surface area contributed by atoms with Gasteiger partial charge in [-0.2, -0.15) is 5.26 Å². The molecular formula is C30H23IN2O5. The zero-order valence-corrected chi connectivity index (χ0v) is 23.1. The second-order valence-corrected chi connectivity index (χ2v) is 10.0. The zero-order chi connectivity index (χ0) is 27.0. The number of nitrogens with one attached hydrogen (secondary N) is 1. The zero-order valence-electron chi connectivity index (χ0n) is 20.9.